The van der Waals surface area contributed by atoms with Crippen LogP contribution in [0.5, 0.6) is 0 Å². The number of hydrogen-bond donors (Lipinski definition) is 2. The van der Waals surface area contributed by atoms with Gasteiger partial charge in [-0.15, -0.1) is 0 Å². The van der Waals surface area contributed by atoms with E-state index in [1.165, 1.54) is 17.3 Å². The van der Waals surface area contributed by atoms with Crippen LogP contribution in [0.15, 0.2) is 53.9 Å². The Bertz CT molecular complexity index is 1110. The molecule has 1 fully saturated rings. The highest BCUT2D eigenvalue weighted by atomic mass is 16.2. The number of amides is 2. The summed E-state index contributed by atoms with van der Waals surface area (Å²) >= 11 is 0. The lowest BCUT2D eigenvalue weighted by Gasteiger charge is -2.37. The molecule has 0 aliphatic carbocycles. The molecular formula is C22H23N9O. The summed E-state index contributed by atoms with van der Waals surface area (Å²) in [5, 5.41) is 23.0. The molecule has 3 heterocycles. The van der Waals surface area contributed by atoms with Gasteiger partial charge in [-0.3, -0.25) is 5.41 Å². The van der Waals surface area contributed by atoms with Gasteiger partial charge in [0.15, 0.2) is 0 Å². The number of nitrogens with zero attached hydrogens (tertiary/aromatic N) is 7. The predicted molar refractivity (Wildman–Crippen MR) is 120 cm³/mol. The Hall–Kier alpha value is -4.26. The Balaban J connectivity index is 1.41. The van der Waals surface area contributed by atoms with E-state index in [4.69, 9.17) is 11.1 Å². The number of hydrazone groups is 1. The van der Waals surface area contributed by atoms with Crippen molar-refractivity contribution in [3.8, 4) is 6.07 Å². The lowest BCUT2D eigenvalue weighted by molar-refractivity contribution is 0.139. The van der Waals surface area contributed by atoms with Crippen molar-refractivity contribution >= 4 is 23.9 Å². The highest BCUT2D eigenvalue weighted by molar-refractivity contribution is 6.05. The van der Waals surface area contributed by atoms with Gasteiger partial charge in [0.1, 0.15) is 0 Å². The van der Waals surface area contributed by atoms with Crippen LogP contribution in [0, 0.1) is 16.7 Å². The van der Waals surface area contributed by atoms with Crippen molar-refractivity contribution in [2.45, 2.75) is 12.5 Å². The fourth-order valence-corrected chi connectivity index (χ4v) is 3.77. The van der Waals surface area contributed by atoms with Gasteiger partial charge in [0.2, 0.25) is 5.95 Å². The molecule has 10 heteroatoms. The molecule has 162 valence electrons. The standard InChI is InChI=1S/C22H23N9O/c23-7-4-18(25)19-5-8-26-21(28-19)29-10-12-30(13-11-29)22(32)31-20(6-9-27-31)17-3-1-2-16(14-17)15-24/h1-5,7-9,14,20,25H,6,10-13,23H2/b7-4-,25-18?. The summed E-state index contributed by atoms with van der Waals surface area (Å²) in [6, 6.07) is 10.7. The van der Waals surface area contributed by atoms with Gasteiger partial charge in [-0.1, -0.05) is 12.1 Å². The third-order valence-corrected chi connectivity index (χ3v) is 5.44. The van der Waals surface area contributed by atoms with Crippen LogP contribution in [0.1, 0.15) is 29.3 Å². The summed E-state index contributed by atoms with van der Waals surface area (Å²) in [6.07, 6.45) is 6.75. The van der Waals surface area contributed by atoms with Gasteiger partial charge in [-0.05, 0) is 36.0 Å². The van der Waals surface area contributed by atoms with Gasteiger partial charge in [0.25, 0.3) is 0 Å². The zero-order chi connectivity index (χ0) is 22.5. The number of rotatable bonds is 4. The number of piperazine rings is 1. The van der Waals surface area contributed by atoms with Crippen LogP contribution in [0.2, 0.25) is 0 Å². The Morgan fingerprint density at radius 2 is 2.06 bits per heavy atom. The lowest BCUT2D eigenvalue weighted by Crippen LogP contribution is -2.52. The van der Waals surface area contributed by atoms with Crippen molar-refractivity contribution in [3.63, 3.8) is 0 Å². The summed E-state index contributed by atoms with van der Waals surface area (Å²) in [6.45, 7) is 2.15. The minimum atomic E-state index is -0.213. The molecule has 2 amide bonds. The van der Waals surface area contributed by atoms with Crippen LogP contribution in [0.3, 0.4) is 0 Å². The molecule has 1 aromatic carbocycles. The first kappa shape index (κ1) is 21.0. The van der Waals surface area contributed by atoms with Crippen molar-refractivity contribution in [2.24, 2.45) is 10.8 Å². The minimum Gasteiger partial charge on any atom is -0.405 e. The molecule has 1 unspecified atom stereocenters. The van der Waals surface area contributed by atoms with E-state index in [-0.39, 0.29) is 17.8 Å². The summed E-state index contributed by atoms with van der Waals surface area (Å²) < 4.78 is 0. The molecule has 3 N–H and O–H groups in total. The smallest absolute Gasteiger partial charge is 0.341 e. The molecular weight excluding hydrogens is 406 g/mol. The number of urea groups is 1. The number of nitrogens with two attached hydrogens (primary N) is 1. The molecule has 1 atom stereocenters. The monoisotopic (exact) mass is 429 g/mol. The topological polar surface area (TPSA) is 139 Å². The molecule has 10 nitrogen and oxygen atoms in total. The average Bonchev–Trinajstić information content (AvgIpc) is 3.34. The Kier molecular flexibility index (Phi) is 6.07. The normalized spacial score (nSPS) is 18.2. The summed E-state index contributed by atoms with van der Waals surface area (Å²) in [5.41, 5.74) is 7.52. The van der Waals surface area contributed by atoms with Crippen LogP contribution < -0.4 is 10.6 Å². The fraction of sp³-hybridized carbons (Fsp3) is 0.273. The van der Waals surface area contributed by atoms with E-state index >= 15 is 0 Å². The van der Waals surface area contributed by atoms with E-state index in [2.05, 4.69) is 21.1 Å². The van der Waals surface area contributed by atoms with E-state index in [0.717, 1.165) is 5.56 Å². The van der Waals surface area contributed by atoms with E-state index in [1.807, 2.05) is 17.0 Å². The van der Waals surface area contributed by atoms with Crippen molar-refractivity contribution in [1.29, 1.82) is 10.7 Å². The zero-order valence-corrected chi connectivity index (χ0v) is 17.4. The Morgan fingerprint density at radius 1 is 1.25 bits per heavy atom. The lowest BCUT2D eigenvalue weighted by atomic mass is 10.0. The maximum absolute atomic E-state index is 13.2. The molecule has 2 aromatic rings. The van der Waals surface area contributed by atoms with Crippen molar-refractivity contribution in [1.82, 2.24) is 19.9 Å². The van der Waals surface area contributed by atoms with Crippen molar-refractivity contribution in [3.05, 3.63) is 65.6 Å². The van der Waals surface area contributed by atoms with Gasteiger partial charge in [-0.2, -0.15) is 10.4 Å². The number of hydrogen-bond acceptors (Lipinski definition) is 8. The minimum absolute atomic E-state index is 0.157. The second-order valence-electron chi connectivity index (χ2n) is 7.40. The van der Waals surface area contributed by atoms with Gasteiger partial charge in [0, 0.05) is 45.0 Å². The Labute approximate surface area is 185 Å². The number of benzene rings is 1. The third-order valence-electron chi connectivity index (χ3n) is 5.44. The number of nitriles is 1. The largest absolute Gasteiger partial charge is 0.405 e. The van der Waals surface area contributed by atoms with E-state index in [9.17, 15) is 10.1 Å². The van der Waals surface area contributed by atoms with Gasteiger partial charge < -0.3 is 15.5 Å². The van der Waals surface area contributed by atoms with Crippen LogP contribution in [-0.2, 0) is 0 Å². The summed E-state index contributed by atoms with van der Waals surface area (Å²) in [5.74, 6) is 0.523. The van der Waals surface area contributed by atoms with Crippen LogP contribution in [-0.4, -0.2) is 64.0 Å². The van der Waals surface area contributed by atoms with Gasteiger partial charge in [-0.25, -0.2) is 19.8 Å². The molecule has 0 radical (unpaired) electrons. The molecule has 0 spiro atoms. The number of carbonyl (C=O) groups is 1. The highest BCUT2D eigenvalue weighted by Crippen LogP contribution is 2.30. The van der Waals surface area contributed by atoms with Gasteiger partial charge in [0.05, 0.1) is 29.1 Å². The zero-order valence-electron chi connectivity index (χ0n) is 17.4. The first-order valence-corrected chi connectivity index (χ1v) is 10.3. The number of allylic oxidation sites excluding steroid dienone is 1. The first-order chi connectivity index (χ1) is 15.6. The Morgan fingerprint density at radius 3 is 2.81 bits per heavy atom. The van der Waals surface area contributed by atoms with E-state index in [0.29, 0.717) is 49.8 Å². The summed E-state index contributed by atoms with van der Waals surface area (Å²) in [7, 11) is 0. The van der Waals surface area contributed by atoms with Crippen molar-refractivity contribution in [2.75, 3.05) is 31.1 Å². The molecule has 4 rings (SSSR count). The summed E-state index contributed by atoms with van der Waals surface area (Å²) in [4.78, 5) is 25.7. The molecule has 2 aliphatic rings. The second kappa shape index (κ2) is 9.26. The van der Waals surface area contributed by atoms with Gasteiger partial charge >= 0.3 is 6.03 Å². The SMILES string of the molecule is N#Cc1cccc(C2CC=NN2C(=O)N2CCN(c3nccc(C(=N)/C=C\N)n3)CC2)c1. The second-order valence-corrected chi connectivity index (χ2v) is 7.40. The maximum atomic E-state index is 13.2. The number of nitrogens with one attached hydrogen (secondary N) is 1. The highest BCUT2D eigenvalue weighted by Gasteiger charge is 2.33. The molecule has 1 aromatic heterocycles. The quantitative estimate of drug-likeness (QED) is 0.711. The maximum Gasteiger partial charge on any atom is 0.341 e. The average molecular weight is 429 g/mol. The van der Waals surface area contributed by atoms with Crippen LogP contribution in [0.4, 0.5) is 10.7 Å². The number of carbonyl (C=O) groups excluding carboxylic acids is 1. The molecule has 0 saturated carbocycles. The van der Waals surface area contributed by atoms with Crippen LogP contribution in [0.25, 0.3) is 0 Å². The molecule has 2 aliphatic heterocycles. The first-order valence-electron chi connectivity index (χ1n) is 10.3. The third kappa shape index (κ3) is 4.27. The molecule has 32 heavy (non-hydrogen) atoms. The number of anilines is 1. The van der Waals surface area contributed by atoms with Crippen LogP contribution >= 0.6 is 0 Å². The van der Waals surface area contributed by atoms with E-state index in [1.54, 1.807) is 35.5 Å². The van der Waals surface area contributed by atoms with Crippen molar-refractivity contribution < 1.29 is 4.79 Å². The van der Waals surface area contributed by atoms with E-state index < -0.39 is 0 Å². The predicted octanol–water partition coefficient (Wildman–Crippen LogP) is 1.86. The number of aromatic nitrogens is 2. The molecule has 0 bridgehead atoms. The molecule has 1 saturated heterocycles. The fourth-order valence-electron chi connectivity index (χ4n) is 3.77.